The average molecular weight is 680 g/mol. The Kier molecular flexibility index (Phi) is 14.4. The van der Waals surface area contributed by atoms with Crippen LogP contribution in [0.25, 0.3) is 0 Å². The molecule has 0 aromatic heterocycles. The second kappa shape index (κ2) is 17.7. The summed E-state index contributed by atoms with van der Waals surface area (Å²) in [6.07, 6.45) is 0.789. The summed E-state index contributed by atoms with van der Waals surface area (Å²) in [5, 5.41) is 3.17. The molecule has 0 saturated carbocycles. The number of benzene rings is 3. The van der Waals surface area contributed by atoms with Gasteiger partial charge in [-0.3, -0.25) is 9.59 Å². The maximum absolute atomic E-state index is 11.7. The fourth-order valence-corrected chi connectivity index (χ4v) is 11.7. The minimum atomic E-state index is -3.00. The van der Waals surface area contributed by atoms with Gasteiger partial charge in [0.05, 0.1) is 6.04 Å². The molecule has 42 heavy (non-hydrogen) atoms. The third kappa shape index (κ3) is 9.35. The van der Waals surface area contributed by atoms with Crippen molar-refractivity contribution in [2.24, 2.45) is 5.73 Å². The molecule has 1 atom stereocenters. The fraction of sp³-hybridized carbons (Fsp3) is 0.355. The molecule has 0 aliphatic rings. The monoisotopic (exact) mass is 678 g/mol. The standard InChI is InChI=1S/C31H40BrN2O6PS/c32-41(26-10-4-1-5-11-26,27-12-6-2-7-13-27,28-14-8-3-9-15-28)23-22-39-19-18-37-16-17-38-20-21-40-30(35)24-34-31(36)29(33)25-42/h1-15,29,42H,16-25,33H2,(H,34,36)/t29-/m0/s1. The quantitative estimate of drug-likeness (QED) is 0.0775. The molecule has 11 heteroatoms. The van der Waals surface area contributed by atoms with E-state index in [4.69, 9.17) is 24.7 Å². The van der Waals surface area contributed by atoms with Gasteiger partial charge in [-0.25, -0.2) is 0 Å². The van der Waals surface area contributed by atoms with Crippen molar-refractivity contribution < 1.29 is 28.5 Å². The molecule has 0 aliphatic carbocycles. The van der Waals surface area contributed by atoms with Crippen molar-refractivity contribution in [3.63, 3.8) is 0 Å². The Morgan fingerprint density at radius 3 is 1.55 bits per heavy atom. The zero-order chi connectivity index (χ0) is 30.1. The SMILES string of the molecule is N[C@@H](CS)C(=O)NCC(=O)OCCOCCOCCOCCP(Br)(c1ccccc1)(c1ccccc1)c1ccccc1. The number of ether oxygens (including phenoxy) is 4. The molecule has 3 aromatic rings. The molecule has 8 nitrogen and oxygen atoms in total. The van der Waals surface area contributed by atoms with Gasteiger partial charge in [0.15, 0.2) is 0 Å². The number of halogens is 1. The number of carbonyl (C=O) groups excluding carboxylic acids is 2. The van der Waals surface area contributed by atoms with Crippen LogP contribution in [0.4, 0.5) is 0 Å². The van der Waals surface area contributed by atoms with Gasteiger partial charge >= 0.3 is 205 Å². The third-order valence-corrected chi connectivity index (χ3v) is 17.0. The van der Waals surface area contributed by atoms with Gasteiger partial charge in [-0.05, 0) is 0 Å². The number of hydrogen-bond acceptors (Lipinski definition) is 8. The predicted octanol–water partition coefficient (Wildman–Crippen LogP) is 2.79. The molecule has 0 aliphatic heterocycles. The number of hydrogen-bond donors (Lipinski definition) is 3. The Morgan fingerprint density at radius 2 is 1.12 bits per heavy atom. The van der Waals surface area contributed by atoms with Crippen LogP contribution in [0, 0.1) is 0 Å². The average Bonchev–Trinajstić information content (AvgIpc) is 3.04. The molecule has 0 unspecified atom stereocenters. The number of nitrogens with one attached hydrogen (secondary N) is 1. The van der Waals surface area contributed by atoms with Gasteiger partial charge in [-0.2, -0.15) is 12.6 Å². The third-order valence-electron chi connectivity index (χ3n) is 6.71. The molecule has 0 saturated heterocycles. The van der Waals surface area contributed by atoms with E-state index in [1.54, 1.807) is 0 Å². The second-order valence-electron chi connectivity index (χ2n) is 9.48. The van der Waals surface area contributed by atoms with E-state index < -0.39 is 23.2 Å². The van der Waals surface area contributed by atoms with Crippen LogP contribution in [0.3, 0.4) is 0 Å². The van der Waals surface area contributed by atoms with Crippen molar-refractivity contribution >= 4 is 61.2 Å². The fourth-order valence-electron chi connectivity index (χ4n) is 4.47. The van der Waals surface area contributed by atoms with Gasteiger partial charge in [-0.15, -0.1) is 0 Å². The Labute approximate surface area is 261 Å². The van der Waals surface area contributed by atoms with Crippen molar-refractivity contribution in [2.45, 2.75) is 6.04 Å². The van der Waals surface area contributed by atoms with Gasteiger partial charge in [0.1, 0.15) is 6.54 Å². The van der Waals surface area contributed by atoms with E-state index >= 15 is 0 Å². The predicted molar refractivity (Wildman–Crippen MR) is 177 cm³/mol. The van der Waals surface area contributed by atoms with E-state index in [1.807, 2.05) is 18.2 Å². The van der Waals surface area contributed by atoms with Crippen LogP contribution in [-0.4, -0.2) is 82.6 Å². The summed E-state index contributed by atoms with van der Waals surface area (Å²) in [4.78, 5) is 23.2. The molecule has 0 heterocycles. The van der Waals surface area contributed by atoms with Crippen LogP contribution in [0.5, 0.6) is 0 Å². The molecular weight excluding hydrogens is 639 g/mol. The molecule has 3 rings (SSSR count). The van der Waals surface area contributed by atoms with Crippen LogP contribution in [-0.2, 0) is 28.5 Å². The summed E-state index contributed by atoms with van der Waals surface area (Å²) in [5.41, 5.74) is 5.52. The molecular formula is C31H40BrN2O6PS. The summed E-state index contributed by atoms with van der Waals surface area (Å²) in [6, 6.07) is 31.1. The molecule has 1 amide bonds. The number of thiol groups is 1. The van der Waals surface area contributed by atoms with Crippen LogP contribution in [0.1, 0.15) is 0 Å². The summed E-state index contributed by atoms with van der Waals surface area (Å²) < 4.78 is 22.2. The number of rotatable bonds is 19. The molecule has 0 fully saturated rings. The number of esters is 1. The number of amides is 1. The first-order chi connectivity index (χ1) is 20.4. The normalized spacial score (nSPS) is 13.1. The Morgan fingerprint density at radius 1 is 0.714 bits per heavy atom. The molecule has 0 spiro atoms. The Bertz CT molecular complexity index is 1130. The van der Waals surface area contributed by atoms with E-state index in [0.717, 1.165) is 6.16 Å². The minimum absolute atomic E-state index is 0.0826. The van der Waals surface area contributed by atoms with E-state index in [0.29, 0.717) is 33.0 Å². The number of nitrogens with two attached hydrogens (primary N) is 1. The Balaban J connectivity index is 1.40. The molecule has 3 aromatic carbocycles. The molecule has 228 valence electrons. The van der Waals surface area contributed by atoms with Gasteiger partial charge in [0, 0.05) is 5.75 Å². The zero-order valence-electron chi connectivity index (χ0n) is 23.6. The summed E-state index contributed by atoms with van der Waals surface area (Å²) in [7, 11) is 0. The van der Waals surface area contributed by atoms with Crippen molar-refractivity contribution in [1.82, 2.24) is 5.32 Å². The second-order valence-corrected chi connectivity index (χ2v) is 18.9. The number of carbonyl (C=O) groups is 2. The van der Waals surface area contributed by atoms with Gasteiger partial charge in [0.2, 0.25) is 5.91 Å². The van der Waals surface area contributed by atoms with Crippen LogP contribution in [0.2, 0.25) is 0 Å². The first-order valence-electron chi connectivity index (χ1n) is 13.8. The topological polar surface area (TPSA) is 109 Å². The van der Waals surface area contributed by atoms with Crippen molar-refractivity contribution in [3.8, 4) is 0 Å². The summed E-state index contributed by atoms with van der Waals surface area (Å²) >= 11 is 8.36. The molecule has 0 bridgehead atoms. The summed E-state index contributed by atoms with van der Waals surface area (Å²) in [6.45, 7) is 2.26. The molecule has 3 N–H and O–H groups in total. The van der Waals surface area contributed by atoms with E-state index in [-0.39, 0.29) is 25.5 Å². The van der Waals surface area contributed by atoms with Crippen molar-refractivity contribution in [1.29, 1.82) is 0 Å². The summed E-state index contributed by atoms with van der Waals surface area (Å²) in [5.74, 6) is -0.814. The zero-order valence-corrected chi connectivity index (χ0v) is 27.0. The maximum atomic E-state index is 11.7. The van der Waals surface area contributed by atoms with Crippen LogP contribution in [0.15, 0.2) is 91.0 Å². The van der Waals surface area contributed by atoms with Crippen LogP contribution >= 0.6 is 33.4 Å². The first-order valence-corrected chi connectivity index (χ1v) is 18.9. The van der Waals surface area contributed by atoms with E-state index in [2.05, 4.69) is 106 Å². The Hall–Kier alpha value is -2.30. The van der Waals surface area contributed by atoms with Crippen molar-refractivity contribution in [3.05, 3.63) is 91.0 Å². The van der Waals surface area contributed by atoms with E-state index in [1.165, 1.54) is 15.9 Å². The van der Waals surface area contributed by atoms with Crippen LogP contribution < -0.4 is 27.0 Å². The first kappa shape index (κ1) is 34.2. The van der Waals surface area contributed by atoms with Gasteiger partial charge < -0.3 is 11.1 Å². The molecule has 0 radical (unpaired) electrons. The van der Waals surface area contributed by atoms with E-state index in [9.17, 15) is 9.59 Å². The van der Waals surface area contributed by atoms with Gasteiger partial charge in [-0.1, -0.05) is 0 Å². The van der Waals surface area contributed by atoms with Gasteiger partial charge in [0.25, 0.3) is 0 Å². The van der Waals surface area contributed by atoms with Crippen molar-refractivity contribution in [2.75, 3.05) is 64.7 Å².